The van der Waals surface area contributed by atoms with Crippen LogP contribution in [0, 0.1) is 17.6 Å². The molecule has 0 atom stereocenters. The van der Waals surface area contributed by atoms with Crippen molar-refractivity contribution < 1.29 is 31.5 Å². The maximum Gasteiger partial charge on any atom is 0.404 e. The summed E-state index contributed by atoms with van der Waals surface area (Å²) < 4.78 is 67.8. The van der Waals surface area contributed by atoms with Gasteiger partial charge in [-0.2, -0.15) is 4.39 Å². The first-order chi connectivity index (χ1) is 13.7. The van der Waals surface area contributed by atoms with Crippen molar-refractivity contribution in [1.82, 2.24) is 14.3 Å². The standard InChI is InChI=1S/C18H14F3N3O4S/c19-14-4-3-12(9-15(14)20)29(27,28)24-10-11(5-7-23-18(25)26)8-16(24)13-2-1-6-22-17(13)21/h1-4,6,8-10,23H,5,7H2,(H,25,26). The zero-order chi connectivity index (χ0) is 21.2. The summed E-state index contributed by atoms with van der Waals surface area (Å²) in [5.41, 5.74) is 0.157. The van der Waals surface area contributed by atoms with Crippen LogP contribution in [0.25, 0.3) is 11.3 Å². The molecular weight excluding hydrogens is 411 g/mol. The molecule has 2 aromatic heterocycles. The van der Waals surface area contributed by atoms with E-state index >= 15 is 0 Å². The molecule has 2 heterocycles. The van der Waals surface area contributed by atoms with Crippen LogP contribution in [0.2, 0.25) is 0 Å². The molecule has 0 radical (unpaired) electrons. The Hall–Kier alpha value is -3.34. The lowest BCUT2D eigenvalue weighted by molar-refractivity contribution is 0.194. The van der Waals surface area contributed by atoms with Gasteiger partial charge < -0.3 is 10.4 Å². The number of nitrogens with zero attached hydrogens (tertiary/aromatic N) is 2. The van der Waals surface area contributed by atoms with Crippen LogP contribution in [-0.2, 0) is 16.4 Å². The number of aromatic nitrogens is 2. The lowest BCUT2D eigenvalue weighted by Crippen LogP contribution is -2.23. The van der Waals surface area contributed by atoms with Crippen LogP contribution < -0.4 is 5.32 Å². The third-order valence-corrected chi connectivity index (χ3v) is 5.69. The number of carbonyl (C=O) groups is 1. The Morgan fingerprint density at radius 1 is 1.14 bits per heavy atom. The molecule has 152 valence electrons. The highest BCUT2D eigenvalue weighted by Gasteiger charge is 2.24. The maximum atomic E-state index is 14.2. The number of carboxylic acid groups (broad SMARTS) is 1. The van der Waals surface area contributed by atoms with Crippen molar-refractivity contribution in [2.75, 3.05) is 6.54 Å². The molecule has 0 bridgehead atoms. The third-order valence-electron chi connectivity index (χ3n) is 4.02. The number of hydrogen-bond donors (Lipinski definition) is 2. The van der Waals surface area contributed by atoms with Crippen molar-refractivity contribution in [2.24, 2.45) is 0 Å². The number of amides is 1. The molecule has 0 spiro atoms. The van der Waals surface area contributed by atoms with Gasteiger partial charge in [-0.05, 0) is 48.4 Å². The minimum Gasteiger partial charge on any atom is -0.465 e. The second-order valence-corrected chi connectivity index (χ2v) is 7.75. The van der Waals surface area contributed by atoms with Gasteiger partial charge in [0.05, 0.1) is 16.2 Å². The van der Waals surface area contributed by atoms with Crippen LogP contribution in [0.1, 0.15) is 5.56 Å². The first kappa shape index (κ1) is 20.4. The molecule has 2 N–H and O–H groups in total. The van der Waals surface area contributed by atoms with Crippen LogP contribution >= 0.6 is 0 Å². The molecule has 0 fully saturated rings. The molecule has 0 aliphatic heterocycles. The van der Waals surface area contributed by atoms with E-state index in [0.29, 0.717) is 17.7 Å². The number of nitrogens with one attached hydrogen (secondary N) is 1. The summed E-state index contributed by atoms with van der Waals surface area (Å²) in [6.07, 6.45) is 1.22. The molecule has 0 saturated heterocycles. The lowest BCUT2D eigenvalue weighted by atomic mass is 10.1. The molecule has 3 aromatic rings. The molecule has 3 rings (SSSR count). The fraction of sp³-hybridized carbons (Fsp3) is 0.111. The van der Waals surface area contributed by atoms with Crippen molar-refractivity contribution in [3.8, 4) is 11.3 Å². The van der Waals surface area contributed by atoms with E-state index < -0.39 is 38.6 Å². The van der Waals surface area contributed by atoms with E-state index in [1.165, 1.54) is 30.6 Å². The van der Waals surface area contributed by atoms with Gasteiger partial charge in [0.1, 0.15) is 0 Å². The van der Waals surface area contributed by atoms with E-state index in [9.17, 15) is 26.4 Å². The van der Waals surface area contributed by atoms with Crippen LogP contribution in [-0.4, -0.2) is 35.1 Å². The highest BCUT2D eigenvalue weighted by atomic mass is 32.2. The van der Waals surface area contributed by atoms with E-state index in [4.69, 9.17) is 5.11 Å². The van der Waals surface area contributed by atoms with Gasteiger partial charge in [-0.25, -0.2) is 30.9 Å². The minimum absolute atomic E-state index is 0.0144. The smallest absolute Gasteiger partial charge is 0.404 e. The van der Waals surface area contributed by atoms with Crippen molar-refractivity contribution in [3.63, 3.8) is 0 Å². The fourth-order valence-electron chi connectivity index (χ4n) is 2.67. The van der Waals surface area contributed by atoms with Gasteiger partial charge >= 0.3 is 6.09 Å². The summed E-state index contributed by atoms with van der Waals surface area (Å²) >= 11 is 0. The molecule has 1 aromatic carbocycles. The molecular formula is C18H14F3N3O4S. The number of hydrogen-bond acceptors (Lipinski definition) is 4. The Balaban J connectivity index is 2.12. The lowest BCUT2D eigenvalue weighted by Gasteiger charge is -2.11. The van der Waals surface area contributed by atoms with E-state index in [2.05, 4.69) is 10.3 Å². The highest BCUT2D eigenvalue weighted by Crippen LogP contribution is 2.29. The van der Waals surface area contributed by atoms with Gasteiger partial charge in [0.2, 0.25) is 5.95 Å². The monoisotopic (exact) mass is 425 g/mol. The maximum absolute atomic E-state index is 14.2. The molecule has 0 saturated carbocycles. The molecule has 1 amide bonds. The van der Waals surface area contributed by atoms with E-state index in [0.717, 1.165) is 10.0 Å². The van der Waals surface area contributed by atoms with Crippen molar-refractivity contribution in [2.45, 2.75) is 11.3 Å². The van der Waals surface area contributed by atoms with Crippen LogP contribution in [0.15, 0.2) is 53.7 Å². The topological polar surface area (TPSA) is 101 Å². The number of rotatable bonds is 6. The van der Waals surface area contributed by atoms with Gasteiger partial charge in [0.25, 0.3) is 10.0 Å². The molecule has 0 aliphatic rings. The van der Waals surface area contributed by atoms with Crippen LogP contribution in [0.4, 0.5) is 18.0 Å². The SMILES string of the molecule is O=C(O)NCCc1cc(-c2cccnc2F)n(S(=O)(=O)c2ccc(F)c(F)c2)c1. The molecule has 0 unspecified atom stereocenters. The van der Waals surface area contributed by atoms with Crippen LogP contribution in [0.3, 0.4) is 0 Å². The quantitative estimate of drug-likeness (QED) is 0.592. The van der Waals surface area contributed by atoms with Crippen LogP contribution in [0.5, 0.6) is 0 Å². The second-order valence-electron chi connectivity index (χ2n) is 5.93. The molecule has 29 heavy (non-hydrogen) atoms. The molecule has 7 nitrogen and oxygen atoms in total. The fourth-order valence-corrected chi connectivity index (χ4v) is 4.07. The average Bonchev–Trinajstić information content (AvgIpc) is 3.08. The predicted octanol–water partition coefficient (Wildman–Crippen LogP) is 3.01. The summed E-state index contributed by atoms with van der Waals surface area (Å²) in [6, 6.07) is 6.18. The Morgan fingerprint density at radius 3 is 2.55 bits per heavy atom. The minimum atomic E-state index is -4.42. The Bertz CT molecular complexity index is 1180. The van der Waals surface area contributed by atoms with Gasteiger partial charge in [0.15, 0.2) is 11.6 Å². The Kier molecular flexibility index (Phi) is 5.59. The summed E-state index contributed by atoms with van der Waals surface area (Å²) in [4.78, 5) is 13.6. The van der Waals surface area contributed by atoms with Crippen molar-refractivity contribution in [3.05, 3.63) is 71.9 Å². The highest BCUT2D eigenvalue weighted by molar-refractivity contribution is 7.90. The van der Waals surface area contributed by atoms with Gasteiger partial charge in [-0.15, -0.1) is 0 Å². The largest absolute Gasteiger partial charge is 0.465 e. The summed E-state index contributed by atoms with van der Waals surface area (Å²) in [6.45, 7) is -0.0144. The first-order valence-electron chi connectivity index (χ1n) is 8.19. The zero-order valence-electron chi connectivity index (χ0n) is 14.6. The number of benzene rings is 1. The van der Waals surface area contributed by atoms with E-state index in [1.54, 1.807) is 0 Å². The van der Waals surface area contributed by atoms with E-state index in [1.807, 2.05) is 0 Å². The number of halogens is 3. The van der Waals surface area contributed by atoms with Crippen molar-refractivity contribution >= 4 is 16.1 Å². The van der Waals surface area contributed by atoms with E-state index in [-0.39, 0.29) is 24.2 Å². The van der Waals surface area contributed by atoms with Gasteiger partial charge in [-0.1, -0.05) is 0 Å². The zero-order valence-corrected chi connectivity index (χ0v) is 15.5. The first-order valence-corrected chi connectivity index (χ1v) is 9.63. The second kappa shape index (κ2) is 7.95. The Morgan fingerprint density at radius 2 is 1.90 bits per heavy atom. The average molecular weight is 425 g/mol. The van der Waals surface area contributed by atoms with Gasteiger partial charge in [0, 0.05) is 18.9 Å². The summed E-state index contributed by atoms with van der Waals surface area (Å²) in [7, 11) is -4.42. The van der Waals surface area contributed by atoms with Gasteiger partial charge in [-0.3, -0.25) is 0 Å². The third kappa shape index (κ3) is 4.24. The Labute approximate surface area is 163 Å². The predicted molar refractivity (Wildman–Crippen MR) is 96.3 cm³/mol. The molecule has 11 heteroatoms. The normalized spacial score (nSPS) is 11.4. The summed E-state index contributed by atoms with van der Waals surface area (Å²) in [5, 5.41) is 10.8. The summed E-state index contributed by atoms with van der Waals surface area (Å²) in [5.74, 6) is -3.49. The number of pyridine rings is 1. The molecule has 0 aliphatic carbocycles. The van der Waals surface area contributed by atoms with Crippen molar-refractivity contribution in [1.29, 1.82) is 0 Å².